The number of carbonyl (C=O) groups is 9. The minimum absolute atomic E-state index is 0.0627. The molecule has 5 aromatic carbocycles. The number of aromatic hydroxyl groups is 2. The molecule has 6 amide bonds. The molecule has 0 radical (unpaired) electrons. The van der Waals surface area contributed by atoms with Gasteiger partial charge in [-0.15, -0.1) is 0 Å². The van der Waals surface area contributed by atoms with Gasteiger partial charge in [0.05, 0.1) is 53.9 Å². The number of nitrogens with two attached hydrogens (primary N) is 3. The third-order valence-corrected chi connectivity index (χ3v) is 27.9. The molecule has 3 saturated heterocycles. The second kappa shape index (κ2) is 41.1. The van der Waals surface area contributed by atoms with Gasteiger partial charge in [0.15, 0.2) is 47.5 Å². The lowest BCUT2D eigenvalue weighted by Crippen LogP contribution is -2.64. The van der Waals surface area contributed by atoms with E-state index in [1.54, 1.807) is 20.8 Å². The number of aliphatic hydroxyl groups excluding tert-OH is 6. The highest BCUT2D eigenvalue weighted by Crippen LogP contribution is 2.59. The van der Waals surface area contributed by atoms with Crippen LogP contribution in [0.1, 0.15) is 222 Å². The Morgan fingerprint density at radius 2 is 1.30 bits per heavy atom. The number of Topliss-reactive ketones (excluding diaryl/α,β-unsaturated/α-hetero) is 3. The lowest BCUT2D eigenvalue weighted by Gasteiger charge is -2.54. The molecule has 7 fully saturated rings. The Morgan fingerprint density at radius 3 is 1.92 bits per heavy atom. The molecule has 5 aromatic rings. The summed E-state index contributed by atoms with van der Waals surface area (Å²) < 4.78 is 59.1. The summed E-state index contributed by atoms with van der Waals surface area (Å²) in [6, 6.07) is 8.93. The van der Waals surface area contributed by atoms with Crippen molar-refractivity contribution in [3.8, 4) is 57.1 Å². The van der Waals surface area contributed by atoms with E-state index >= 15 is 28.8 Å². The Balaban J connectivity index is 0.987. The molecule has 4 saturated carbocycles. The second-order valence-corrected chi connectivity index (χ2v) is 38.6. The van der Waals surface area contributed by atoms with Crippen molar-refractivity contribution in [2.24, 2.45) is 58.6 Å². The first-order valence-electron chi connectivity index (χ1n) is 45.6. The van der Waals surface area contributed by atoms with Gasteiger partial charge in [-0.2, -0.15) is 0 Å². The Bertz CT molecular complexity index is 5010. The summed E-state index contributed by atoms with van der Waals surface area (Å²) in [5.74, 6) is -14.6. The molecule has 8 heterocycles. The van der Waals surface area contributed by atoms with Crippen LogP contribution in [-0.2, 0) is 62.0 Å². The first-order valence-corrected chi connectivity index (χ1v) is 46.0. The fourth-order valence-corrected chi connectivity index (χ4v) is 21.0. The summed E-state index contributed by atoms with van der Waals surface area (Å²) in [7, 11) is 1.52. The van der Waals surface area contributed by atoms with Crippen LogP contribution >= 0.6 is 11.6 Å². The predicted molar refractivity (Wildman–Crippen MR) is 472 cm³/mol. The van der Waals surface area contributed by atoms with E-state index in [1.807, 2.05) is 13.8 Å². The lowest BCUT2D eigenvalue weighted by molar-refractivity contribution is -0.333. The Labute approximate surface area is 764 Å². The van der Waals surface area contributed by atoms with Crippen molar-refractivity contribution < 1.29 is 127 Å². The van der Waals surface area contributed by atoms with Crippen LogP contribution in [0.5, 0.6) is 46.0 Å². The van der Waals surface area contributed by atoms with Crippen molar-refractivity contribution in [1.29, 1.82) is 0 Å². The smallest absolute Gasteiger partial charge is 0.412 e. The van der Waals surface area contributed by atoms with E-state index < -0.39 is 241 Å². The summed E-state index contributed by atoms with van der Waals surface area (Å²) >= 11 is 7.27. The molecule has 12 aliphatic rings. The predicted octanol–water partition coefficient (Wildman–Crippen LogP) is 7.36. The maximum Gasteiger partial charge on any atom is 0.412 e. The molecule has 14 unspecified atom stereocenters. The number of rotatable bonds is 25. The van der Waals surface area contributed by atoms with Crippen LogP contribution in [0.2, 0.25) is 5.02 Å². The molecule has 131 heavy (non-hydrogen) atoms. The molecule has 36 heteroatoms. The van der Waals surface area contributed by atoms with Crippen molar-refractivity contribution in [3.63, 3.8) is 0 Å². The second-order valence-electron chi connectivity index (χ2n) is 38.2. The summed E-state index contributed by atoms with van der Waals surface area (Å²) in [6.45, 7) is 11.3. The van der Waals surface area contributed by atoms with Gasteiger partial charge >= 0.3 is 6.09 Å². The van der Waals surface area contributed by atoms with Crippen LogP contribution in [0.3, 0.4) is 0 Å². The molecular formula is C95H124ClN9O26. The Kier molecular flexibility index (Phi) is 30.6. The Morgan fingerprint density at radius 1 is 0.664 bits per heavy atom. The normalized spacial score (nSPS) is 33.2. The number of fused-ring (bicyclic) bond motifs is 15. The van der Waals surface area contributed by atoms with Crippen molar-refractivity contribution in [3.05, 3.63) is 118 Å². The number of likely N-dealkylation sites (N-methyl/N-ethyl adjacent to an activating group) is 1. The SMILES string of the molecule is CCCCCCCCNC(=O)Oc1cc(O)c2c(c1)[C@@H](C(=O)CC1C3CC4CC(C3)CC1C4)NC(=O)[C@@H]1NC(=O)[C@H](CC(=O)C3NC(=O)[C@H](CC(N)=O)CC(=O)[C@H](NC(=O)[C@@H](CC(C)C)NC)[C@H](O)c4ccc(c(Cl)c4)Oc4cc3cc(c4OC3OC(CO)C(O)C(O)C3OC3CC(C)(N)C(O)C(C)O3)Oc3ccc(cc3)[C@H]1OC1CC(C)(N)C(O)C(C)O1)c1ccc(O)c-2c1. The lowest BCUT2D eigenvalue weighted by atomic mass is 9.51. The quantitative estimate of drug-likeness (QED) is 0.0254. The fourth-order valence-electron chi connectivity index (χ4n) is 20.8. The highest BCUT2D eigenvalue weighted by Gasteiger charge is 2.54. The number of amides is 6. The van der Waals surface area contributed by atoms with Gasteiger partial charge in [-0.1, -0.05) is 88.7 Å². The zero-order valence-electron chi connectivity index (χ0n) is 74.8. The molecule has 17 rings (SSSR count). The van der Waals surface area contributed by atoms with Gasteiger partial charge in [-0.3, -0.25) is 38.4 Å². The number of ether oxygens (including phenoxy) is 9. The maximum absolute atomic E-state index is 17.0. The van der Waals surface area contributed by atoms with Crippen LogP contribution in [-0.4, -0.2) is 211 Å². The minimum atomic E-state index is -2.19. The van der Waals surface area contributed by atoms with E-state index in [1.165, 1.54) is 86.8 Å². The number of aliphatic hydroxyl groups is 6. The first-order chi connectivity index (χ1) is 62.3. The average molecular weight is 1840 g/mol. The highest BCUT2D eigenvalue weighted by molar-refractivity contribution is 6.32. The van der Waals surface area contributed by atoms with E-state index in [-0.39, 0.29) is 117 Å². The van der Waals surface area contributed by atoms with Crippen molar-refractivity contribution in [1.82, 2.24) is 31.9 Å². The van der Waals surface area contributed by atoms with Gasteiger partial charge in [0.25, 0.3) is 0 Å². The standard InChI is InChI=1S/C95H124ClN9O26/c1-9-10-11-12-13-14-23-101-93(122)126-56-36-60-75(64(108)37-56)59-30-49(17-21-63(59)107)58-39-66(110)76-53-33-69(125-55-19-15-48(16-20-55)83(129-73-40-94(6,98)86(116)44(4)123-73)79(105-89(58)119)91(121)103-77(60)67(111)38-57-51-26-46-25-47(28-51)29-52(57)27-46)84(131-92-85(82(115)81(114)71(42-106)128-92)130-74-41-95(7,99)87(117)45(5)124-74)70(34-53)127-68-22-18-50(31-61(68)96)80(113)78(104-90(120)62(100-8)24-43(2)3)65(109)32-54(35-72(97)112)88(118)102-76/h15-22,30-31,33-34,36-37,43-47,51-52,54,57-58,62,71,73-74,76-83,85-87,92,100,106-108,113-117H,9-14,23-29,32,35,38-42,98-99H2,1-8H3,(H2,97,112)(H,101,122)(H,102,118)(H,103,121)(H,104,120)(H,105,119)/t44?,45?,46?,47?,51?,52?,54-,57?,58+,62+,71?,73?,74?,76?,77-,78-,79+,80+,81?,82?,83+,85?,86?,87?,92?,94?,95?/m0/s1. The van der Waals surface area contributed by atoms with Gasteiger partial charge in [-0.25, -0.2) is 4.79 Å². The van der Waals surface area contributed by atoms with E-state index in [9.17, 15) is 55.2 Å². The van der Waals surface area contributed by atoms with Crippen LogP contribution in [0.25, 0.3) is 11.1 Å². The van der Waals surface area contributed by atoms with Gasteiger partial charge in [0.1, 0.15) is 83.4 Å². The number of primary amides is 1. The van der Waals surface area contributed by atoms with Gasteiger partial charge in [0, 0.05) is 73.3 Å². The summed E-state index contributed by atoms with van der Waals surface area (Å²) in [5, 5.41) is 112. The number of phenolic OH excluding ortho intramolecular Hbond substituents is 2. The first kappa shape index (κ1) is 97.5. The van der Waals surface area contributed by atoms with Crippen LogP contribution in [0.15, 0.2) is 84.9 Å². The number of unbranched alkanes of at least 4 members (excludes halogenated alkanes) is 5. The van der Waals surface area contributed by atoms with Crippen LogP contribution < -0.4 is 68.0 Å². The number of halogens is 1. The number of ketones is 3. The number of nitrogens with one attached hydrogen (secondary N) is 6. The molecule has 8 aliphatic heterocycles. The topological polar surface area (TPSA) is 549 Å². The minimum Gasteiger partial charge on any atom is -0.507 e. The molecule has 20 N–H and O–H groups in total. The largest absolute Gasteiger partial charge is 0.507 e. The zero-order chi connectivity index (χ0) is 94.1. The average Bonchev–Trinajstić information content (AvgIpc) is 0.754. The van der Waals surface area contributed by atoms with Gasteiger partial charge in [0.2, 0.25) is 41.6 Å². The van der Waals surface area contributed by atoms with E-state index in [0.29, 0.717) is 18.3 Å². The number of carbonyl (C=O) groups excluding carboxylic acids is 9. The molecule has 0 aromatic heterocycles. The monoisotopic (exact) mass is 1840 g/mol. The number of hydrogen-bond acceptors (Lipinski definition) is 29. The van der Waals surface area contributed by atoms with E-state index in [4.69, 9.17) is 71.4 Å². The Hall–Kier alpha value is -9.54. The van der Waals surface area contributed by atoms with Crippen molar-refractivity contribution >= 4 is 64.6 Å². The fraction of sp³-hybridized carbons (Fsp3) is 0.589. The maximum atomic E-state index is 17.0. The van der Waals surface area contributed by atoms with Crippen LogP contribution in [0, 0.1) is 41.4 Å². The number of benzene rings is 5. The van der Waals surface area contributed by atoms with Crippen molar-refractivity contribution in [2.75, 3.05) is 20.2 Å². The summed E-state index contributed by atoms with van der Waals surface area (Å²) in [4.78, 5) is 140. The molecular weight excluding hydrogens is 1720 g/mol. The molecule has 35 nitrogen and oxygen atoms in total. The number of phenols is 2. The third-order valence-electron chi connectivity index (χ3n) is 27.6. The zero-order valence-corrected chi connectivity index (χ0v) is 75.5. The highest BCUT2D eigenvalue weighted by atomic mass is 35.5. The molecule has 22 atom stereocenters. The van der Waals surface area contributed by atoms with E-state index in [2.05, 4.69) is 38.8 Å². The van der Waals surface area contributed by atoms with E-state index in [0.717, 1.165) is 76.3 Å². The van der Waals surface area contributed by atoms with Crippen molar-refractivity contribution in [2.45, 2.75) is 291 Å². The van der Waals surface area contributed by atoms with Gasteiger partial charge in [-0.05, 0) is 198 Å². The molecule has 15 bridgehead atoms. The van der Waals surface area contributed by atoms with Gasteiger partial charge < -0.3 is 133 Å². The molecule has 4 aliphatic carbocycles. The third kappa shape index (κ3) is 22.0. The number of hydrogen-bond donors (Lipinski definition) is 17. The summed E-state index contributed by atoms with van der Waals surface area (Å²) in [5.41, 5.74) is 15.4. The summed E-state index contributed by atoms with van der Waals surface area (Å²) in [6.07, 6.45) is -14.8. The molecule has 712 valence electrons. The van der Waals surface area contributed by atoms with Crippen LogP contribution in [0.4, 0.5) is 4.79 Å². The molecule has 0 spiro atoms.